The number of likely N-dealkylation sites (tertiary alicyclic amines) is 1. The minimum Gasteiger partial charge on any atom is -0.453 e. The number of aliphatic hydroxyl groups is 1. The molecule has 0 bridgehead atoms. The van der Waals surface area contributed by atoms with E-state index in [0.29, 0.717) is 50.0 Å². The zero-order chi connectivity index (χ0) is 27.5. The highest BCUT2D eigenvalue weighted by atomic mass is 35.5. The number of piperidine rings is 1. The number of nitrogens with one attached hydrogen (secondary N) is 3. The second-order valence-electron chi connectivity index (χ2n) is 10.7. The number of ether oxygens (including phenoxy) is 2. The molecule has 214 valence electrons. The Morgan fingerprint density at radius 2 is 2.13 bits per heavy atom. The summed E-state index contributed by atoms with van der Waals surface area (Å²) < 4.78 is 10.3. The van der Waals surface area contributed by atoms with E-state index in [-0.39, 0.29) is 18.0 Å². The van der Waals surface area contributed by atoms with Crippen LogP contribution in [0.15, 0.2) is 18.2 Å². The number of hydrogen-bond acceptors (Lipinski definition) is 6. The molecule has 1 aromatic carbocycles. The van der Waals surface area contributed by atoms with Crippen molar-refractivity contribution in [3.8, 4) is 0 Å². The number of alkyl carbamates (subject to hydrolysis) is 1. The Balaban J connectivity index is 1.72. The van der Waals surface area contributed by atoms with Crippen LogP contribution in [0.4, 0.5) is 9.59 Å². The van der Waals surface area contributed by atoms with Crippen molar-refractivity contribution in [3.63, 3.8) is 0 Å². The van der Waals surface area contributed by atoms with Crippen LogP contribution in [0.5, 0.6) is 0 Å². The first kappa shape index (κ1) is 30.5. The average Bonchev–Trinajstić information content (AvgIpc) is 2.93. The second kappa shape index (κ2) is 14.9. The minimum atomic E-state index is -1.20. The fourth-order valence-corrected chi connectivity index (χ4v) is 6.08. The van der Waals surface area contributed by atoms with Gasteiger partial charge in [0.15, 0.2) is 0 Å². The standard InChI is InChI=1S/C28H45ClN4O5/c1-20-24(10-4-11-25(20)29)28(36,12-7-13-31-27(35)37-3)22-9-5-14-33(18-22)26(34)32-23(17-30-2)16-21-8-6-15-38-19-21/h4,10-11,21-23,30,36H,5-9,12-19H2,1-3H3,(H,31,35)(H,32,34). The zero-order valence-corrected chi connectivity index (χ0v) is 23.8. The Kier molecular flexibility index (Phi) is 12.0. The van der Waals surface area contributed by atoms with Crippen molar-refractivity contribution < 1.29 is 24.2 Å². The molecule has 0 spiro atoms. The van der Waals surface area contributed by atoms with Crippen molar-refractivity contribution in [2.24, 2.45) is 11.8 Å². The summed E-state index contributed by atoms with van der Waals surface area (Å²) in [6, 6.07) is 5.51. The van der Waals surface area contributed by atoms with Gasteiger partial charge in [0.05, 0.1) is 12.7 Å². The van der Waals surface area contributed by atoms with E-state index in [0.717, 1.165) is 56.4 Å². The maximum absolute atomic E-state index is 13.4. The maximum Gasteiger partial charge on any atom is 0.406 e. The smallest absolute Gasteiger partial charge is 0.406 e. The molecule has 10 heteroatoms. The highest BCUT2D eigenvalue weighted by Crippen LogP contribution is 2.42. The molecule has 0 aliphatic carbocycles. The van der Waals surface area contributed by atoms with E-state index in [1.165, 1.54) is 7.11 Å². The van der Waals surface area contributed by atoms with Crippen LogP contribution in [0.1, 0.15) is 56.1 Å². The molecule has 0 radical (unpaired) electrons. The van der Waals surface area contributed by atoms with E-state index in [2.05, 4.69) is 20.7 Å². The van der Waals surface area contributed by atoms with Gasteiger partial charge in [0.2, 0.25) is 0 Å². The highest BCUT2D eigenvalue weighted by molar-refractivity contribution is 6.31. The van der Waals surface area contributed by atoms with E-state index in [9.17, 15) is 14.7 Å². The summed E-state index contributed by atoms with van der Waals surface area (Å²) in [5.41, 5.74) is 0.416. The lowest BCUT2D eigenvalue weighted by molar-refractivity contribution is -0.0557. The van der Waals surface area contributed by atoms with Crippen LogP contribution in [0.3, 0.4) is 0 Å². The first-order valence-electron chi connectivity index (χ1n) is 13.9. The van der Waals surface area contributed by atoms with Gasteiger partial charge < -0.3 is 35.4 Å². The van der Waals surface area contributed by atoms with Gasteiger partial charge in [-0.2, -0.15) is 0 Å². The molecule has 9 nitrogen and oxygen atoms in total. The molecule has 3 amide bonds. The SMILES string of the molecule is CNCC(CC1CCCOC1)NC(=O)N1CCCC(C(O)(CCCNC(=O)OC)c2cccc(Cl)c2C)C1. The number of amides is 3. The number of carbonyl (C=O) groups excluding carboxylic acids is 2. The Bertz CT molecular complexity index is 913. The van der Waals surface area contributed by atoms with Crippen LogP contribution >= 0.6 is 11.6 Å². The molecule has 38 heavy (non-hydrogen) atoms. The van der Waals surface area contributed by atoms with Crippen molar-refractivity contribution in [1.82, 2.24) is 20.9 Å². The second-order valence-corrected chi connectivity index (χ2v) is 11.1. The molecule has 0 saturated carbocycles. The summed E-state index contributed by atoms with van der Waals surface area (Å²) in [6.07, 6.45) is 5.13. The number of methoxy groups -OCH3 is 1. The predicted molar refractivity (Wildman–Crippen MR) is 148 cm³/mol. The van der Waals surface area contributed by atoms with Gasteiger partial charge in [-0.25, -0.2) is 9.59 Å². The fourth-order valence-electron chi connectivity index (χ4n) is 5.91. The summed E-state index contributed by atoms with van der Waals surface area (Å²) in [6.45, 7) is 5.65. The lowest BCUT2D eigenvalue weighted by atomic mass is 9.73. The quantitative estimate of drug-likeness (QED) is 0.311. The van der Waals surface area contributed by atoms with E-state index >= 15 is 0 Å². The van der Waals surface area contributed by atoms with Gasteiger partial charge in [-0.15, -0.1) is 0 Å². The molecule has 2 saturated heterocycles. The highest BCUT2D eigenvalue weighted by Gasteiger charge is 2.42. The van der Waals surface area contributed by atoms with Gasteiger partial charge in [0, 0.05) is 56.4 Å². The average molecular weight is 553 g/mol. The molecule has 1 aromatic rings. The zero-order valence-electron chi connectivity index (χ0n) is 23.1. The van der Waals surface area contributed by atoms with E-state index in [1.54, 1.807) is 0 Å². The van der Waals surface area contributed by atoms with Gasteiger partial charge in [-0.05, 0) is 82.0 Å². The molecule has 0 aromatic heterocycles. The first-order valence-corrected chi connectivity index (χ1v) is 14.2. The molecule has 3 rings (SSSR count). The molecule has 4 unspecified atom stereocenters. The molecule has 2 heterocycles. The topological polar surface area (TPSA) is 112 Å². The third-order valence-electron chi connectivity index (χ3n) is 7.96. The molecule has 2 fully saturated rings. The summed E-state index contributed by atoms with van der Waals surface area (Å²) in [5.74, 6) is 0.276. The Morgan fingerprint density at radius 3 is 2.84 bits per heavy atom. The lowest BCUT2D eigenvalue weighted by Crippen LogP contribution is -2.54. The monoisotopic (exact) mass is 552 g/mol. The molecule has 4 atom stereocenters. The summed E-state index contributed by atoms with van der Waals surface area (Å²) in [7, 11) is 3.22. The maximum atomic E-state index is 13.4. The molecular weight excluding hydrogens is 508 g/mol. The van der Waals surface area contributed by atoms with E-state index in [1.807, 2.05) is 37.1 Å². The van der Waals surface area contributed by atoms with Crippen molar-refractivity contribution in [2.75, 3.05) is 53.6 Å². The van der Waals surface area contributed by atoms with Crippen LogP contribution in [0, 0.1) is 18.8 Å². The van der Waals surface area contributed by atoms with Gasteiger partial charge >= 0.3 is 12.1 Å². The molecule has 4 N–H and O–H groups in total. The van der Waals surface area contributed by atoms with Crippen molar-refractivity contribution in [1.29, 1.82) is 0 Å². The third-order valence-corrected chi connectivity index (χ3v) is 8.37. The summed E-state index contributed by atoms with van der Waals surface area (Å²) >= 11 is 6.45. The lowest BCUT2D eigenvalue weighted by Gasteiger charge is -2.44. The normalized spacial score (nSPS) is 22.3. The van der Waals surface area contributed by atoms with Crippen LogP contribution in [0.2, 0.25) is 5.02 Å². The first-order chi connectivity index (χ1) is 18.3. The Morgan fingerprint density at radius 1 is 1.32 bits per heavy atom. The van der Waals surface area contributed by atoms with Crippen LogP contribution in [-0.4, -0.2) is 81.7 Å². The van der Waals surface area contributed by atoms with Crippen molar-refractivity contribution in [3.05, 3.63) is 34.3 Å². The van der Waals surface area contributed by atoms with Gasteiger partial charge in [0.1, 0.15) is 0 Å². The fraction of sp³-hybridized carbons (Fsp3) is 0.714. The number of rotatable bonds is 11. The summed E-state index contributed by atoms with van der Waals surface area (Å²) in [5, 5.41) is 22.0. The molecule has 2 aliphatic heterocycles. The Hall–Kier alpha value is -2.07. The molecular formula is C28H45ClN4O5. The van der Waals surface area contributed by atoms with Gasteiger partial charge in [-0.1, -0.05) is 23.7 Å². The minimum absolute atomic E-state index is 0.0121. The number of benzene rings is 1. The Labute approximate surface area is 232 Å². The third kappa shape index (κ3) is 8.21. The van der Waals surface area contributed by atoms with Crippen LogP contribution in [0.25, 0.3) is 0 Å². The van der Waals surface area contributed by atoms with Crippen molar-refractivity contribution >= 4 is 23.7 Å². The predicted octanol–water partition coefficient (Wildman–Crippen LogP) is 3.80. The number of hydrogen-bond donors (Lipinski definition) is 4. The summed E-state index contributed by atoms with van der Waals surface area (Å²) in [4.78, 5) is 26.8. The number of carbonyl (C=O) groups is 2. The van der Waals surface area contributed by atoms with Crippen LogP contribution in [-0.2, 0) is 15.1 Å². The number of urea groups is 1. The van der Waals surface area contributed by atoms with Gasteiger partial charge in [0.25, 0.3) is 0 Å². The van der Waals surface area contributed by atoms with Crippen molar-refractivity contribution in [2.45, 2.75) is 63.5 Å². The number of nitrogens with zero attached hydrogens (tertiary/aromatic N) is 1. The van der Waals surface area contributed by atoms with E-state index in [4.69, 9.17) is 16.3 Å². The largest absolute Gasteiger partial charge is 0.453 e. The number of halogens is 1. The van der Waals surface area contributed by atoms with E-state index < -0.39 is 11.7 Å². The van der Waals surface area contributed by atoms with Gasteiger partial charge in [-0.3, -0.25) is 0 Å². The number of likely N-dealkylation sites (N-methyl/N-ethyl adjacent to an activating group) is 1. The molecule has 2 aliphatic rings. The van der Waals surface area contributed by atoms with Crippen LogP contribution < -0.4 is 16.0 Å².